The highest BCUT2D eigenvalue weighted by Crippen LogP contribution is 2.25. The lowest BCUT2D eigenvalue weighted by Crippen LogP contribution is -2.26. The Balaban J connectivity index is 1.41. The first-order valence-corrected chi connectivity index (χ1v) is 7.26. The van der Waals surface area contributed by atoms with Gasteiger partial charge in [0.15, 0.2) is 0 Å². The third-order valence-corrected chi connectivity index (χ3v) is 4.02. The highest BCUT2D eigenvalue weighted by Gasteiger charge is 2.19. The van der Waals surface area contributed by atoms with Crippen molar-refractivity contribution in [1.29, 1.82) is 0 Å². The van der Waals surface area contributed by atoms with Crippen LogP contribution in [0.25, 0.3) is 0 Å². The van der Waals surface area contributed by atoms with Crippen LogP contribution >= 0.6 is 0 Å². The quantitative estimate of drug-likeness (QED) is 0.638. The molecule has 16 heavy (non-hydrogen) atoms. The van der Waals surface area contributed by atoms with Crippen LogP contribution in [0.1, 0.15) is 51.4 Å². The molecule has 1 N–H and O–H groups in total. The first-order valence-electron chi connectivity index (χ1n) is 7.26. The van der Waals surface area contributed by atoms with Crippen LogP contribution in [0, 0.1) is 5.92 Å². The predicted molar refractivity (Wildman–Crippen MR) is 69.7 cm³/mol. The summed E-state index contributed by atoms with van der Waals surface area (Å²) >= 11 is 0. The fourth-order valence-electron chi connectivity index (χ4n) is 2.83. The van der Waals surface area contributed by atoms with Crippen LogP contribution in [0.5, 0.6) is 0 Å². The molecule has 0 bridgehead atoms. The van der Waals surface area contributed by atoms with E-state index in [1.54, 1.807) is 0 Å². The first kappa shape index (κ1) is 12.4. The molecule has 0 radical (unpaired) electrons. The predicted octanol–water partition coefficient (Wildman–Crippen LogP) is 2.64. The van der Waals surface area contributed by atoms with Crippen LogP contribution in [0.2, 0.25) is 0 Å². The largest absolute Gasteiger partial charge is 0.314 e. The zero-order chi connectivity index (χ0) is 11.2. The number of nitrogens with one attached hydrogen (secondary N) is 1. The fourth-order valence-corrected chi connectivity index (χ4v) is 2.83. The van der Waals surface area contributed by atoms with Crippen molar-refractivity contribution in [2.45, 2.75) is 57.4 Å². The first-order chi connectivity index (χ1) is 7.84. The molecule has 0 saturated heterocycles. The summed E-state index contributed by atoms with van der Waals surface area (Å²) < 4.78 is 0. The standard InChI is InChI=1S/C14H28N2/c1-16(12-13-6-2-3-7-13)11-5-4-10-15-14-8-9-14/h13-15H,2-12H2,1H3. The molecule has 2 heteroatoms. The molecular formula is C14H28N2. The maximum Gasteiger partial charge on any atom is 0.00682 e. The van der Waals surface area contributed by atoms with Crippen molar-refractivity contribution >= 4 is 0 Å². The Labute approximate surface area is 101 Å². The summed E-state index contributed by atoms with van der Waals surface area (Å²) in [6.45, 7) is 3.88. The van der Waals surface area contributed by atoms with Gasteiger partial charge in [0.1, 0.15) is 0 Å². The SMILES string of the molecule is CN(CCCCNC1CC1)CC1CCCC1. The lowest BCUT2D eigenvalue weighted by Gasteiger charge is -2.20. The van der Waals surface area contributed by atoms with Crippen molar-refractivity contribution in [3.63, 3.8) is 0 Å². The summed E-state index contributed by atoms with van der Waals surface area (Å²) in [5.41, 5.74) is 0. The lowest BCUT2D eigenvalue weighted by atomic mass is 10.1. The lowest BCUT2D eigenvalue weighted by molar-refractivity contribution is 0.273. The van der Waals surface area contributed by atoms with E-state index >= 15 is 0 Å². The van der Waals surface area contributed by atoms with Crippen LogP contribution in [0.4, 0.5) is 0 Å². The minimum absolute atomic E-state index is 0.885. The summed E-state index contributed by atoms with van der Waals surface area (Å²) in [7, 11) is 2.30. The zero-order valence-corrected chi connectivity index (χ0v) is 10.9. The molecule has 0 amide bonds. The van der Waals surface area contributed by atoms with Crippen LogP contribution in [-0.2, 0) is 0 Å². The van der Waals surface area contributed by atoms with Gasteiger partial charge in [-0.2, -0.15) is 0 Å². The van der Waals surface area contributed by atoms with Gasteiger partial charge < -0.3 is 10.2 Å². The molecule has 0 aromatic rings. The van der Waals surface area contributed by atoms with E-state index in [2.05, 4.69) is 17.3 Å². The number of hydrogen-bond donors (Lipinski definition) is 1. The highest BCUT2D eigenvalue weighted by molar-refractivity contribution is 4.80. The molecule has 0 heterocycles. The van der Waals surface area contributed by atoms with E-state index in [0.717, 1.165) is 12.0 Å². The van der Waals surface area contributed by atoms with Crippen LogP contribution < -0.4 is 5.32 Å². The monoisotopic (exact) mass is 224 g/mol. The van der Waals surface area contributed by atoms with Crippen molar-refractivity contribution in [1.82, 2.24) is 10.2 Å². The normalized spacial score (nSPS) is 22.1. The van der Waals surface area contributed by atoms with Crippen LogP contribution in [0.15, 0.2) is 0 Å². The van der Waals surface area contributed by atoms with E-state index in [-0.39, 0.29) is 0 Å². The molecule has 0 unspecified atom stereocenters. The van der Waals surface area contributed by atoms with Gasteiger partial charge >= 0.3 is 0 Å². The molecule has 0 aliphatic heterocycles. The Morgan fingerprint density at radius 1 is 1.06 bits per heavy atom. The van der Waals surface area contributed by atoms with Crippen LogP contribution in [-0.4, -0.2) is 37.6 Å². The van der Waals surface area contributed by atoms with Gasteiger partial charge in [0.2, 0.25) is 0 Å². The van der Waals surface area contributed by atoms with Gasteiger partial charge in [-0.25, -0.2) is 0 Å². The molecule has 2 aliphatic carbocycles. The number of nitrogens with zero attached hydrogens (tertiary/aromatic N) is 1. The Morgan fingerprint density at radius 2 is 1.81 bits per heavy atom. The molecular weight excluding hydrogens is 196 g/mol. The van der Waals surface area contributed by atoms with E-state index in [4.69, 9.17) is 0 Å². The van der Waals surface area contributed by atoms with E-state index in [1.807, 2.05) is 0 Å². The van der Waals surface area contributed by atoms with Gasteiger partial charge in [-0.15, -0.1) is 0 Å². The van der Waals surface area contributed by atoms with E-state index in [9.17, 15) is 0 Å². The Hall–Kier alpha value is -0.0800. The topological polar surface area (TPSA) is 15.3 Å². The summed E-state index contributed by atoms with van der Waals surface area (Å²) in [4.78, 5) is 2.55. The minimum Gasteiger partial charge on any atom is -0.314 e. The highest BCUT2D eigenvalue weighted by atomic mass is 15.1. The summed E-state index contributed by atoms with van der Waals surface area (Å²) in [6, 6.07) is 0.885. The van der Waals surface area contributed by atoms with Crippen molar-refractivity contribution in [3.05, 3.63) is 0 Å². The second-order valence-electron chi connectivity index (χ2n) is 5.85. The smallest absolute Gasteiger partial charge is 0.00682 e. The van der Waals surface area contributed by atoms with Gasteiger partial charge in [0.05, 0.1) is 0 Å². The van der Waals surface area contributed by atoms with Gasteiger partial charge in [0.25, 0.3) is 0 Å². The average molecular weight is 224 g/mol. The second kappa shape index (κ2) is 6.61. The maximum atomic E-state index is 3.58. The zero-order valence-electron chi connectivity index (χ0n) is 10.9. The van der Waals surface area contributed by atoms with Gasteiger partial charge in [-0.05, 0) is 64.6 Å². The maximum absolute atomic E-state index is 3.58. The number of rotatable bonds is 8. The summed E-state index contributed by atoms with van der Waals surface area (Å²) in [5, 5.41) is 3.58. The number of hydrogen-bond acceptors (Lipinski definition) is 2. The third kappa shape index (κ3) is 4.84. The molecule has 0 aromatic carbocycles. The van der Waals surface area contributed by atoms with Crippen molar-refractivity contribution in [3.8, 4) is 0 Å². The van der Waals surface area contributed by atoms with Crippen molar-refractivity contribution < 1.29 is 0 Å². The third-order valence-electron chi connectivity index (χ3n) is 4.02. The molecule has 94 valence electrons. The molecule has 0 spiro atoms. The second-order valence-corrected chi connectivity index (χ2v) is 5.85. The molecule has 0 atom stereocenters. The van der Waals surface area contributed by atoms with E-state index in [1.165, 1.54) is 71.0 Å². The Bertz CT molecular complexity index is 183. The van der Waals surface area contributed by atoms with Crippen LogP contribution in [0.3, 0.4) is 0 Å². The van der Waals surface area contributed by atoms with Crippen molar-refractivity contribution in [2.75, 3.05) is 26.7 Å². The minimum atomic E-state index is 0.885. The molecule has 2 saturated carbocycles. The van der Waals surface area contributed by atoms with E-state index in [0.29, 0.717) is 0 Å². The number of unbranched alkanes of at least 4 members (excludes halogenated alkanes) is 1. The molecule has 2 aliphatic rings. The molecule has 0 aromatic heterocycles. The Kier molecular flexibility index (Phi) is 5.11. The van der Waals surface area contributed by atoms with Gasteiger partial charge in [-0.1, -0.05) is 12.8 Å². The van der Waals surface area contributed by atoms with Crippen molar-refractivity contribution in [2.24, 2.45) is 5.92 Å². The summed E-state index contributed by atoms with van der Waals surface area (Å²) in [5.74, 6) is 1.01. The molecule has 2 nitrogen and oxygen atoms in total. The average Bonchev–Trinajstić information content (AvgIpc) is 2.95. The molecule has 2 fully saturated rings. The Morgan fingerprint density at radius 3 is 2.50 bits per heavy atom. The summed E-state index contributed by atoms with van der Waals surface area (Å²) in [6.07, 6.45) is 11.5. The van der Waals surface area contributed by atoms with E-state index < -0.39 is 0 Å². The molecule has 2 rings (SSSR count). The fraction of sp³-hybridized carbons (Fsp3) is 1.00. The van der Waals surface area contributed by atoms with Gasteiger partial charge in [-0.3, -0.25) is 0 Å². The van der Waals surface area contributed by atoms with Gasteiger partial charge in [0, 0.05) is 12.6 Å².